The second kappa shape index (κ2) is 1.69. The average Bonchev–Trinajstić information content (AvgIpc) is 2.64. The molecule has 0 saturated carbocycles. The van der Waals surface area contributed by atoms with Gasteiger partial charge in [-0.15, -0.1) is 0 Å². The molecule has 0 bridgehead atoms. The lowest BCUT2D eigenvalue weighted by Crippen LogP contribution is -2.03. The number of aliphatic hydroxyl groups excluding tert-OH is 1. The molecule has 1 aliphatic heterocycles. The van der Waals surface area contributed by atoms with E-state index in [1.165, 1.54) is 0 Å². The molecule has 1 aliphatic carbocycles. The van der Waals surface area contributed by atoms with Gasteiger partial charge in [0.1, 0.15) is 12.2 Å². The quantitative estimate of drug-likeness (QED) is 0.508. The van der Waals surface area contributed by atoms with Crippen molar-refractivity contribution in [2.75, 3.05) is 6.61 Å². The Morgan fingerprint density at radius 2 is 2.56 bits per heavy atom. The van der Waals surface area contributed by atoms with E-state index in [-0.39, 0.29) is 18.8 Å². The fraction of sp³-hybridized carbons (Fsp3) is 0.429. The zero-order chi connectivity index (χ0) is 6.27. The maximum absolute atomic E-state index is 8.71. The lowest BCUT2D eigenvalue weighted by Gasteiger charge is -1.98. The molecule has 0 spiro atoms. The molecule has 48 valence electrons. The maximum Gasteiger partial charge on any atom is 0.112 e. The summed E-state index contributed by atoms with van der Waals surface area (Å²) in [6, 6.07) is 0. The molecule has 9 heavy (non-hydrogen) atoms. The van der Waals surface area contributed by atoms with E-state index in [9.17, 15) is 0 Å². The molecule has 2 heteroatoms. The highest BCUT2D eigenvalue weighted by molar-refractivity contribution is 5.31. The van der Waals surface area contributed by atoms with Gasteiger partial charge in [0.15, 0.2) is 0 Å². The fourth-order valence-electron chi connectivity index (χ4n) is 1.09. The van der Waals surface area contributed by atoms with Gasteiger partial charge in [-0.1, -0.05) is 18.2 Å². The molecule has 0 aromatic carbocycles. The Bertz CT molecular complexity index is 181. The van der Waals surface area contributed by atoms with Crippen LogP contribution in [0.5, 0.6) is 0 Å². The van der Waals surface area contributed by atoms with Gasteiger partial charge < -0.3 is 9.84 Å². The highest BCUT2D eigenvalue weighted by Crippen LogP contribution is 2.32. The molecular weight excluding hydrogens is 116 g/mol. The van der Waals surface area contributed by atoms with E-state index in [1.54, 1.807) is 0 Å². The van der Waals surface area contributed by atoms with Crippen LogP contribution < -0.4 is 0 Å². The van der Waals surface area contributed by atoms with Crippen molar-refractivity contribution in [1.29, 1.82) is 0 Å². The highest BCUT2D eigenvalue weighted by atomic mass is 16.6. The Morgan fingerprint density at radius 3 is 3.22 bits per heavy atom. The summed E-state index contributed by atoms with van der Waals surface area (Å²) in [7, 11) is 0. The van der Waals surface area contributed by atoms with Crippen molar-refractivity contribution in [2.45, 2.75) is 12.2 Å². The first kappa shape index (κ1) is 5.21. The summed E-state index contributed by atoms with van der Waals surface area (Å²) < 4.78 is 5.17. The minimum absolute atomic E-state index is 0.130. The molecule has 1 unspecified atom stereocenters. The van der Waals surface area contributed by atoms with Gasteiger partial charge in [-0.2, -0.15) is 0 Å². The Kier molecular flexibility index (Phi) is 0.976. The minimum atomic E-state index is 0.130. The van der Waals surface area contributed by atoms with Gasteiger partial charge in [0, 0.05) is 0 Å². The van der Waals surface area contributed by atoms with Crippen LogP contribution in [0.3, 0.4) is 0 Å². The average molecular weight is 124 g/mol. The number of hydrogen-bond donors (Lipinski definition) is 1. The van der Waals surface area contributed by atoms with Gasteiger partial charge in [0.2, 0.25) is 0 Å². The van der Waals surface area contributed by atoms with Crippen molar-refractivity contribution < 1.29 is 9.84 Å². The fourth-order valence-corrected chi connectivity index (χ4v) is 1.09. The zero-order valence-electron chi connectivity index (χ0n) is 4.95. The summed E-state index contributed by atoms with van der Waals surface area (Å²) in [5, 5.41) is 8.71. The summed E-state index contributed by atoms with van der Waals surface area (Å²) in [4.78, 5) is 0. The molecule has 1 fully saturated rings. The Labute approximate surface area is 53.4 Å². The van der Waals surface area contributed by atoms with Gasteiger partial charge in [-0.25, -0.2) is 0 Å². The van der Waals surface area contributed by atoms with Crippen LogP contribution in [0.2, 0.25) is 0 Å². The molecule has 2 aliphatic rings. The Hall–Kier alpha value is -0.600. The van der Waals surface area contributed by atoms with Crippen LogP contribution in [-0.2, 0) is 4.74 Å². The van der Waals surface area contributed by atoms with Crippen LogP contribution in [0.4, 0.5) is 0 Å². The van der Waals surface area contributed by atoms with Crippen LogP contribution in [0.15, 0.2) is 23.8 Å². The number of ether oxygens (including phenoxy) is 1. The molecule has 1 saturated heterocycles. The second-order valence-electron chi connectivity index (χ2n) is 2.31. The standard InChI is InChI=1S/C7H8O2/c8-4-5-2-1-3-6-7(5)9-6/h1-3,6-8H,4H2/t6?,7-/m0/s1. The summed E-state index contributed by atoms with van der Waals surface area (Å²) >= 11 is 0. The van der Waals surface area contributed by atoms with Crippen molar-refractivity contribution in [2.24, 2.45) is 0 Å². The SMILES string of the molecule is OCC1=CC=CC2O[C@@H]12. The first-order chi connectivity index (χ1) is 4.42. The van der Waals surface area contributed by atoms with E-state index in [4.69, 9.17) is 9.84 Å². The van der Waals surface area contributed by atoms with Gasteiger partial charge in [0.05, 0.1) is 6.61 Å². The summed E-state index contributed by atoms with van der Waals surface area (Å²) in [5.74, 6) is 0. The third-order valence-corrected chi connectivity index (χ3v) is 1.68. The van der Waals surface area contributed by atoms with E-state index < -0.39 is 0 Å². The summed E-state index contributed by atoms with van der Waals surface area (Å²) in [5.41, 5.74) is 1.00. The molecule has 0 aromatic rings. The number of fused-ring (bicyclic) bond motifs is 1. The lowest BCUT2D eigenvalue weighted by molar-refractivity contribution is 0.313. The van der Waals surface area contributed by atoms with Gasteiger partial charge in [0.25, 0.3) is 0 Å². The number of rotatable bonds is 1. The molecular formula is C7H8O2. The summed E-state index contributed by atoms with van der Waals surface area (Å²) in [6.07, 6.45) is 6.33. The third-order valence-electron chi connectivity index (χ3n) is 1.68. The molecule has 0 amide bonds. The number of aliphatic hydroxyl groups is 1. The minimum Gasteiger partial charge on any atom is -0.392 e. The van der Waals surface area contributed by atoms with Crippen LogP contribution in [0.1, 0.15) is 0 Å². The largest absolute Gasteiger partial charge is 0.392 e. The van der Waals surface area contributed by atoms with Gasteiger partial charge in [-0.3, -0.25) is 0 Å². The maximum atomic E-state index is 8.71. The number of hydrogen-bond acceptors (Lipinski definition) is 2. The van der Waals surface area contributed by atoms with Crippen LogP contribution in [0.25, 0.3) is 0 Å². The van der Waals surface area contributed by atoms with Crippen LogP contribution >= 0.6 is 0 Å². The van der Waals surface area contributed by atoms with Crippen LogP contribution in [0, 0.1) is 0 Å². The summed E-state index contributed by atoms with van der Waals surface area (Å²) in [6.45, 7) is 0.130. The third kappa shape index (κ3) is 0.713. The normalized spacial score (nSPS) is 37.7. The highest BCUT2D eigenvalue weighted by Gasteiger charge is 2.40. The first-order valence-electron chi connectivity index (χ1n) is 3.05. The Morgan fingerprint density at radius 1 is 1.67 bits per heavy atom. The first-order valence-corrected chi connectivity index (χ1v) is 3.05. The molecule has 2 atom stereocenters. The smallest absolute Gasteiger partial charge is 0.112 e. The molecule has 2 rings (SSSR count). The molecule has 1 N–H and O–H groups in total. The second-order valence-corrected chi connectivity index (χ2v) is 2.31. The Balaban J connectivity index is 2.20. The van der Waals surface area contributed by atoms with Gasteiger partial charge >= 0.3 is 0 Å². The molecule has 0 aromatic heterocycles. The predicted molar refractivity (Wildman–Crippen MR) is 33.0 cm³/mol. The molecule has 1 heterocycles. The van der Waals surface area contributed by atoms with Crippen molar-refractivity contribution >= 4 is 0 Å². The predicted octanol–water partition coefficient (Wildman–Crippen LogP) is 0.242. The number of allylic oxidation sites excluding steroid dienone is 2. The van der Waals surface area contributed by atoms with Crippen LogP contribution in [-0.4, -0.2) is 23.9 Å². The van der Waals surface area contributed by atoms with E-state index in [1.807, 2.05) is 18.2 Å². The topological polar surface area (TPSA) is 32.8 Å². The van der Waals surface area contributed by atoms with Crippen molar-refractivity contribution in [1.82, 2.24) is 0 Å². The van der Waals surface area contributed by atoms with Crippen molar-refractivity contribution in [3.8, 4) is 0 Å². The van der Waals surface area contributed by atoms with Crippen molar-refractivity contribution in [3.05, 3.63) is 23.8 Å². The molecule has 2 nitrogen and oxygen atoms in total. The van der Waals surface area contributed by atoms with E-state index >= 15 is 0 Å². The van der Waals surface area contributed by atoms with E-state index in [0.29, 0.717) is 0 Å². The van der Waals surface area contributed by atoms with E-state index in [2.05, 4.69) is 0 Å². The van der Waals surface area contributed by atoms with Gasteiger partial charge in [-0.05, 0) is 5.57 Å². The monoisotopic (exact) mass is 124 g/mol. The lowest BCUT2D eigenvalue weighted by atomic mass is 10.1. The van der Waals surface area contributed by atoms with E-state index in [0.717, 1.165) is 5.57 Å². The number of epoxide rings is 1. The molecule has 0 radical (unpaired) electrons. The zero-order valence-corrected chi connectivity index (χ0v) is 4.95. The van der Waals surface area contributed by atoms with Crippen molar-refractivity contribution in [3.63, 3.8) is 0 Å².